The number of aromatic nitrogens is 2. The molecule has 6 nitrogen and oxygen atoms in total. The van der Waals surface area contributed by atoms with Gasteiger partial charge in [-0.1, -0.05) is 23.7 Å². The molecule has 2 aromatic rings. The van der Waals surface area contributed by atoms with Gasteiger partial charge >= 0.3 is 0 Å². The van der Waals surface area contributed by atoms with Crippen LogP contribution in [0.5, 0.6) is 5.88 Å². The van der Waals surface area contributed by atoms with Crippen molar-refractivity contribution >= 4 is 22.7 Å². The van der Waals surface area contributed by atoms with E-state index >= 15 is 4.39 Å². The maximum absolute atomic E-state index is 15.2. The van der Waals surface area contributed by atoms with E-state index in [-0.39, 0.29) is 53.1 Å². The summed E-state index contributed by atoms with van der Waals surface area (Å²) < 4.78 is 46.6. The average molecular weight is 475 g/mol. The quantitative estimate of drug-likeness (QED) is 0.487. The fraction of sp³-hybridized carbons (Fsp3) is 0.391. The van der Waals surface area contributed by atoms with E-state index in [2.05, 4.69) is 20.9 Å². The molecule has 1 aromatic heterocycles. The van der Waals surface area contributed by atoms with Gasteiger partial charge in [0.2, 0.25) is 5.88 Å². The lowest BCUT2D eigenvalue weighted by Crippen LogP contribution is -2.39. The Labute approximate surface area is 193 Å². The second kappa shape index (κ2) is 8.37. The van der Waals surface area contributed by atoms with E-state index in [9.17, 15) is 13.6 Å². The maximum atomic E-state index is 15.2. The highest BCUT2D eigenvalue weighted by molar-refractivity contribution is 8.15. The number of amidine groups is 1. The van der Waals surface area contributed by atoms with Gasteiger partial charge in [0.15, 0.2) is 17.6 Å². The molecule has 10 heteroatoms. The van der Waals surface area contributed by atoms with E-state index in [1.165, 1.54) is 18.5 Å². The predicted molar refractivity (Wildman–Crippen MR) is 119 cm³/mol. The number of rotatable bonds is 7. The Hall–Kier alpha value is -3.06. The van der Waals surface area contributed by atoms with E-state index in [1.807, 2.05) is 0 Å². The Kier molecular flexibility index (Phi) is 5.86. The number of ketones is 1. The summed E-state index contributed by atoms with van der Waals surface area (Å²) in [5.74, 6) is 1.04. The van der Waals surface area contributed by atoms with Gasteiger partial charge in [-0.25, -0.2) is 23.1 Å². The van der Waals surface area contributed by atoms with Gasteiger partial charge in [0, 0.05) is 17.9 Å². The van der Waals surface area contributed by atoms with Gasteiger partial charge < -0.3 is 10.5 Å². The normalized spacial score (nSPS) is 25.7. The van der Waals surface area contributed by atoms with Crippen molar-refractivity contribution in [1.29, 1.82) is 0 Å². The molecule has 0 bridgehead atoms. The molecule has 4 rings (SSSR count). The van der Waals surface area contributed by atoms with Crippen molar-refractivity contribution in [3.63, 3.8) is 0 Å². The molecule has 2 heterocycles. The van der Waals surface area contributed by atoms with Gasteiger partial charge in [0.1, 0.15) is 11.5 Å². The second-order valence-corrected chi connectivity index (χ2v) is 9.70. The van der Waals surface area contributed by atoms with Gasteiger partial charge in [-0.15, -0.1) is 6.42 Å². The monoisotopic (exact) mass is 474 g/mol. The number of hydrogen-bond acceptors (Lipinski definition) is 7. The molecule has 2 N–H and O–H groups in total. The molecular weight excluding hydrogens is 453 g/mol. The highest BCUT2D eigenvalue weighted by atomic mass is 32.2. The molecule has 0 saturated heterocycles. The van der Waals surface area contributed by atoms with Crippen LogP contribution in [0.1, 0.15) is 40.5 Å². The van der Waals surface area contributed by atoms with Crippen molar-refractivity contribution in [1.82, 2.24) is 9.97 Å². The van der Waals surface area contributed by atoms with Crippen LogP contribution in [0, 0.1) is 31.0 Å². The Balaban J connectivity index is 1.63. The number of nitrogens with zero attached hydrogens (tertiary/aromatic N) is 3. The highest BCUT2D eigenvalue weighted by Gasteiger charge is 2.71. The molecule has 0 amide bonds. The first-order chi connectivity index (χ1) is 15.6. The number of terminal acetylenes is 1. The summed E-state index contributed by atoms with van der Waals surface area (Å²) in [5.41, 5.74) is 5.69. The fourth-order valence-corrected chi connectivity index (χ4v) is 5.68. The van der Waals surface area contributed by atoms with Crippen molar-refractivity contribution in [3.05, 3.63) is 52.7 Å². The summed E-state index contributed by atoms with van der Waals surface area (Å²) >= 11 is 0.861. The van der Waals surface area contributed by atoms with Gasteiger partial charge in [-0.2, -0.15) is 0 Å². The van der Waals surface area contributed by atoms with Crippen LogP contribution in [0.4, 0.5) is 13.2 Å². The van der Waals surface area contributed by atoms with Crippen LogP contribution >= 0.6 is 11.8 Å². The number of carbonyl (C=O) groups excluding carboxylic acids is 1. The topological polar surface area (TPSA) is 90.5 Å². The van der Waals surface area contributed by atoms with E-state index in [0.717, 1.165) is 11.8 Å². The van der Waals surface area contributed by atoms with Crippen LogP contribution < -0.4 is 10.5 Å². The predicted octanol–water partition coefficient (Wildman–Crippen LogP) is 3.66. The first-order valence-corrected chi connectivity index (χ1v) is 11.0. The number of benzene rings is 1. The lowest BCUT2D eigenvalue weighted by molar-refractivity contribution is 0.0987. The number of thioether (sulfide) groups is 1. The SMILES string of the molecule is C#CCOc1cnc(C(=O)Cc2cc(C)c(F)c([C@@]3(C)N=C(N)S[C@@]4(C(F)F)C[C@@H]34)c2)cn1. The number of aliphatic imine (C=N–C) groups is 1. The van der Waals surface area contributed by atoms with Gasteiger partial charge in [0.25, 0.3) is 6.43 Å². The highest BCUT2D eigenvalue weighted by Crippen LogP contribution is 2.68. The number of nitrogens with two attached hydrogens (primary N) is 1. The lowest BCUT2D eigenvalue weighted by Gasteiger charge is -2.34. The molecule has 172 valence electrons. The number of alkyl halides is 2. The number of hydrogen-bond donors (Lipinski definition) is 1. The van der Waals surface area contributed by atoms with Crippen LogP contribution in [-0.2, 0) is 12.0 Å². The Morgan fingerprint density at radius 2 is 2.15 bits per heavy atom. The van der Waals surface area contributed by atoms with Crippen LogP contribution in [0.3, 0.4) is 0 Å². The molecule has 1 saturated carbocycles. The maximum Gasteiger partial charge on any atom is 0.253 e. The average Bonchev–Trinajstić information content (AvgIpc) is 3.52. The standard InChI is InChI=1S/C23H21F3N4O2S/c1-4-5-32-18-11-28-15(10-29-18)16(31)8-13-6-12(2)19(24)14(7-13)22(3)17-9-23(17,20(25)26)33-21(27)30-22/h1,6-7,10-11,17,20H,5,8-9H2,2-3H3,(H2,27,30)/t17-,22+,23-/m0/s1. The van der Waals surface area contributed by atoms with Crippen molar-refractivity contribution in [3.8, 4) is 18.2 Å². The molecule has 33 heavy (non-hydrogen) atoms. The van der Waals surface area contributed by atoms with Crippen LogP contribution in [-0.4, -0.2) is 38.7 Å². The summed E-state index contributed by atoms with van der Waals surface area (Å²) in [5, 5.41) is 0.00695. The third-order valence-electron chi connectivity index (χ3n) is 6.08. The minimum atomic E-state index is -2.61. The van der Waals surface area contributed by atoms with Crippen molar-refractivity contribution in [2.75, 3.05) is 6.61 Å². The molecule has 1 fully saturated rings. The Morgan fingerprint density at radius 3 is 2.79 bits per heavy atom. The van der Waals surface area contributed by atoms with Gasteiger partial charge in [0.05, 0.1) is 22.7 Å². The summed E-state index contributed by atoms with van der Waals surface area (Å²) in [6.07, 6.45) is 5.18. The third kappa shape index (κ3) is 4.06. The molecular formula is C23H21F3N4O2S. The molecule has 2 aliphatic rings. The number of aryl methyl sites for hydroxylation is 1. The van der Waals surface area contributed by atoms with Crippen molar-refractivity contribution < 1.29 is 22.7 Å². The van der Waals surface area contributed by atoms with E-state index in [4.69, 9.17) is 16.9 Å². The molecule has 0 unspecified atom stereocenters. The largest absolute Gasteiger partial charge is 0.463 e. The van der Waals surface area contributed by atoms with E-state index in [1.54, 1.807) is 19.9 Å². The lowest BCUT2D eigenvalue weighted by atomic mass is 9.83. The first-order valence-electron chi connectivity index (χ1n) is 10.1. The van der Waals surface area contributed by atoms with Crippen molar-refractivity contribution in [2.45, 2.75) is 43.4 Å². The third-order valence-corrected chi connectivity index (χ3v) is 7.39. The van der Waals surface area contributed by atoms with Crippen LogP contribution in [0.2, 0.25) is 0 Å². The smallest absolute Gasteiger partial charge is 0.253 e. The van der Waals surface area contributed by atoms with Gasteiger partial charge in [-0.3, -0.25) is 9.79 Å². The number of carbonyl (C=O) groups is 1. The molecule has 1 aliphatic heterocycles. The fourth-order valence-electron chi connectivity index (χ4n) is 4.35. The zero-order chi connectivity index (χ0) is 24.0. The summed E-state index contributed by atoms with van der Waals surface area (Å²) in [6.45, 7) is 3.21. The molecule has 3 atom stereocenters. The minimum absolute atomic E-state index is 0.00695. The number of ether oxygens (including phenoxy) is 1. The molecule has 1 aliphatic carbocycles. The number of fused-ring (bicyclic) bond motifs is 1. The number of halogens is 3. The molecule has 0 spiro atoms. The zero-order valence-corrected chi connectivity index (χ0v) is 18.8. The Morgan fingerprint density at radius 1 is 1.39 bits per heavy atom. The van der Waals surface area contributed by atoms with Crippen LogP contribution in [0.25, 0.3) is 0 Å². The minimum Gasteiger partial charge on any atom is -0.463 e. The van der Waals surface area contributed by atoms with Gasteiger partial charge in [-0.05, 0) is 37.5 Å². The second-order valence-electron chi connectivity index (χ2n) is 8.32. The van der Waals surface area contributed by atoms with E-state index in [0.29, 0.717) is 5.56 Å². The summed E-state index contributed by atoms with van der Waals surface area (Å²) in [4.78, 5) is 25.2. The number of Topliss-reactive ketones (excluding diaryl/α,β-unsaturated/α-hetero) is 1. The Bertz CT molecular complexity index is 1180. The van der Waals surface area contributed by atoms with Crippen LogP contribution in [0.15, 0.2) is 29.5 Å². The first kappa shape index (κ1) is 23.1. The molecule has 1 aromatic carbocycles. The zero-order valence-electron chi connectivity index (χ0n) is 17.9. The summed E-state index contributed by atoms with van der Waals surface area (Å²) in [7, 11) is 0. The van der Waals surface area contributed by atoms with E-state index < -0.39 is 28.4 Å². The summed E-state index contributed by atoms with van der Waals surface area (Å²) in [6, 6.07) is 3.06. The molecule has 0 radical (unpaired) electrons. The van der Waals surface area contributed by atoms with Crippen molar-refractivity contribution in [2.24, 2.45) is 16.6 Å².